The van der Waals surface area contributed by atoms with Gasteiger partial charge >= 0.3 is 0 Å². The zero-order chi connectivity index (χ0) is 7.45. The van der Waals surface area contributed by atoms with Crippen LogP contribution in [-0.4, -0.2) is 24.6 Å². The molecule has 1 aliphatic heterocycles. The number of likely N-dealkylation sites (tertiary alicyclic amines) is 1. The molecule has 0 saturated carbocycles. The van der Waals surface area contributed by atoms with Crippen LogP contribution < -0.4 is 12.4 Å². The van der Waals surface area contributed by atoms with Crippen LogP contribution in [0, 0.1) is 0 Å². The van der Waals surface area contributed by atoms with E-state index in [1.54, 1.807) is 0 Å². The van der Waals surface area contributed by atoms with Gasteiger partial charge in [-0.25, -0.2) is 0 Å². The first kappa shape index (κ1) is 11.0. The predicted octanol–water partition coefficient (Wildman–Crippen LogP) is -0.845. The van der Waals surface area contributed by atoms with Gasteiger partial charge in [-0.2, -0.15) is 0 Å². The first-order chi connectivity index (χ1) is 4.77. The lowest BCUT2D eigenvalue weighted by atomic mass is 10.4. The molecule has 0 spiro atoms. The predicted molar refractivity (Wildman–Crippen MR) is 44.6 cm³/mol. The molecule has 0 unspecified atom stereocenters. The Kier molecular flexibility index (Phi) is 4.78. The lowest BCUT2D eigenvalue weighted by molar-refractivity contribution is -0.846. The highest BCUT2D eigenvalue weighted by atomic mass is 35.5. The highest BCUT2D eigenvalue weighted by Crippen LogP contribution is 2.16. The van der Waals surface area contributed by atoms with E-state index < -0.39 is 0 Å². The maximum Gasteiger partial charge on any atom is 0.0915 e. The van der Waals surface area contributed by atoms with E-state index in [0.717, 1.165) is 0 Å². The van der Waals surface area contributed by atoms with E-state index in [1.165, 1.54) is 36.8 Å². The minimum Gasteiger partial charge on any atom is -1.00 e. The van der Waals surface area contributed by atoms with Crippen LogP contribution in [-0.2, 0) is 0 Å². The molecule has 1 nitrogen and oxygen atoms in total. The molecule has 0 radical (unpaired) electrons. The van der Waals surface area contributed by atoms with E-state index in [1.807, 2.05) is 0 Å². The van der Waals surface area contributed by atoms with Gasteiger partial charge in [-0.1, -0.05) is 6.92 Å². The number of allylic oxidation sites excluding steroid dienone is 1. The summed E-state index contributed by atoms with van der Waals surface area (Å²) in [6, 6.07) is 0. The molecule has 2 heteroatoms. The van der Waals surface area contributed by atoms with Crippen LogP contribution in [0.2, 0.25) is 0 Å². The van der Waals surface area contributed by atoms with Crippen molar-refractivity contribution in [1.82, 2.24) is 0 Å². The second kappa shape index (κ2) is 4.78. The molecule has 0 N–H and O–H groups in total. The van der Waals surface area contributed by atoms with Gasteiger partial charge in [0.1, 0.15) is 0 Å². The fourth-order valence-electron chi connectivity index (χ4n) is 1.57. The molecule has 1 heterocycles. The Hall–Kier alpha value is -0.0100. The van der Waals surface area contributed by atoms with Crippen LogP contribution >= 0.6 is 0 Å². The molecule has 1 fully saturated rings. The van der Waals surface area contributed by atoms with Gasteiger partial charge in [0.15, 0.2) is 0 Å². The summed E-state index contributed by atoms with van der Waals surface area (Å²) in [5.41, 5.74) is 0. The molecule has 66 valence electrons. The number of quaternary nitrogens is 1. The topological polar surface area (TPSA) is 0 Å². The van der Waals surface area contributed by atoms with Gasteiger partial charge in [0.25, 0.3) is 0 Å². The third kappa shape index (κ3) is 3.26. The Bertz CT molecular complexity index is 126. The van der Waals surface area contributed by atoms with E-state index in [0.29, 0.717) is 0 Å². The Labute approximate surface area is 76.1 Å². The van der Waals surface area contributed by atoms with Crippen LogP contribution in [0.25, 0.3) is 0 Å². The summed E-state index contributed by atoms with van der Waals surface area (Å²) < 4.78 is 1.17. The van der Waals surface area contributed by atoms with Crippen molar-refractivity contribution in [1.29, 1.82) is 0 Å². The monoisotopic (exact) mass is 175 g/mol. The highest BCUT2D eigenvalue weighted by Gasteiger charge is 2.23. The molecule has 0 aromatic rings. The summed E-state index contributed by atoms with van der Waals surface area (Å²) in [4.78, 5) is 0. The summed E-state index contributed by atoms with van der Waals surface area (Å²) in [5, 5.41) is 0. The van der Waals surface area contributed by atoms with Gasteiger partial charge in [-0.3, -0.25) is 4.48 Å². The Morgan fingerprint density at radius 1 is 1.27 bits per heavy atom. The Balaban J connectivity index is 0.000001000. The maximum absolute atomic E-state index is 2.35. The molecule has 1 saturated heterocycles. The Morgan fingerprint density at radius 2 is 1.82 bits per heavy atom. The highest BCUT2D eigenvalue weighted by molar-refractivity contribution is 4.73. The Morgan fingerprint density at radius 3 is 2.27 bits per heavy atom. The lowest BCUT2D eigenvalue weighted by Gasteiger charge is -2.23. The van der Waals surface area contributed by atoms with Crippen molar-refractivity contribution >= 4 is 0 Å². The summed E-state index contributed by atoms with van der Waals surface area (Å²) in [6.45, 7) is 4.88. The molecule has 1 rings (SSSR count). The van der Waals surface area contributed by atoms with Crippen molar-refractivity contribution in [3.63, 3.8) is 0 Å². The average Bonchev–Trinajstić information content (AvgIpc) is 2.33. The minimum absolute atomic E-state index is 0. The smallest absolute Gasteiger partial charge is 0.0915 e. The SMILES string of the molecule is CC/C=C\[N+]1(C)CCCC1.[Cl-]. The standard InChI is InChI=1S/C9H18N.ClH/c1-3-4-7-10(2)8-5-6-9-10;/h4,7H,3,5-6,8-9H2,1-2H3;1H/q+1;/p-1/b7-4-;. The number of nitrogens with zero attached hydrogens (tertiary/aromatic N) is 1. The number of rotatable bonds is 2. The van der Waals surface area contributed by atoms with Gasteiger partial charge in [0.05, 0.1) is 26.3 Å². The first-order valence-corrected chi connectivity index (χ1v) is 4.29. The molecule has 0 aromatic carbocycles. The van der Waals surface area contributed by atoms with E-state index >= 15 is 0 Å². The number of halogens is 1. The lowest BCUT2D eigenvalue weighted by Crippen LogP contribution is -3.00. The van der Waals surface area contributed by atoms with Crippen LogP contribution in [0.4, 0.5) is 0 Å². The maximum atomic E-state index is 2.35. The zero-order valence-electron chi connectivity index (χ0n) is 7.52. The summed E-state index contributed by atoms with van der Waals surface area (Å²) in [5.74, 6) is 0. The van der Waals surface area contributed by atoms with Crippen molar-refractivity contribution in [3.05, 3.63) is 12.3 Å². The third-order valence-corrected chi connectivity index (χ3v) is 2.29. The van der Waals surface area contributed by atoms with Crippen LogP contribution in [0.3, 0.4) is 0 Å². The van der Waals surface area contributed by atoms with Crippen molar-refractivity contribution < 1.29 is 16.9 Å². The van der Waals surface area contributed by atoms with Gasteiger partial charge in [-0.05, 0) is 12.5 Å². The zero-order valence-corrected chi connectivity index (χ0v) is 8.27. The fraction of sp³-hybridized carbons (Fsp3) is 0.778. The molecular weight excluding hydrogens is 158 g/mol. The molecule has 0 amide bonds. The molecule has 0 aliphatic carbocycles. The van der Waals surface area contributed by atoms with Gasteiger partial charge < -0.3 is 12.4 Å². The molecule has 1 aliphatic rings. The van der Waals surface area contributed by atoms with E-state index in [4.69, 9.17) is 0 Å². The first-order valence-electron chi connectivity index (χ1n) is 4.29. The summed E-state index contributed by atoms with van der Waals surface area (Å²) >= 11 is 0. The number of hydrogen-bond donors (Lipinski definition) is 0. The van der Waals surface area contributed by atoms with Gasteiger partial charge in [-0.15, -0.1) is 0 Å². The third-order valence-electron chi connectivity index (χ3n) is 2.29. The number of hydrogen-bond acceptors (Lipinski definition) is 0. The van der Waals surface area contributed by atoms with Gasteiger partial charge in [0, 0.05) is 12.8 Å². The van der Waals surface area contributed by atoms with Crippen LogP contribution in [0.5, 0.6) is 0 Å². The van der Waals surface area contributed by atoms with Crippen LogP contribution in [0.15, 0.2) is 12.3 Å². The molecule has 0 aromatic heterocycles. The van der Waals surface area contributed by atoms with E-state index in [2.05, 4.69) is 26.2 Å². The van der Waals surface area contributed by atoms with Crippen molar-refractivity contribution in [3.8, 4) is 0 Å². The molecule has 11 heavy (non-hydrogen) atoms. The molecule has 0 bridgehead atoms. The second-order valence-corrected chi connectivity index (χ2v) is 3.43. The quantitative estimate of drug-likeness (QED) is 0.480. The van der Waals surface area contributed by atoms with Crippen molar-refractivity contribution in [2.45, 2.75) is 26.2 Å². The largest absolute Gasteiger partial charge is 1.00 e. The van der Waals surface area contributed by atoms with Crippen LogP contribution in [0.1, 0.15) is 26.2 Å². The second-order valence-electron chi connectivity index (χ2n) is 3.43. The summed E-state index contributed by atoms with van der Waals surface area (Å²) in [7, 11) is 2.32. The van der Waals surface area contributed by atoms with E-state index in [-0.39, 0.29) is 12.4 Å². The van der Waals surface area contributed by atoms with Crippen molar-refractivity contribution in [2.75, 3.05) is 20.1 Å². The normalized spacial score (nSPS) is 22.0. The fourth-order valence-corrected chi connectivity index (χ4v) is 1.57. The van der Waals surface area contributed by atoms with Gasteiger partial charge in [0.2, 0.25) is 0 Å². The summed E-state index contributed by atoms with van der Waals surface area (Å²) in [6.07, 6.45) is 8.63. The molecular formula is C9H18ClN. The van der Waals surface area contributed by atoms with Crippen molar-refractivity contribution in [2.24, 2.45) is 0 Å². The molecule has 0 atom stereocenters. The minimum atomic E-state index is 0. The van der Waals surface area contributed by atoms with E-state index in [9.17, 15) is 0 Å². The average molecular weight is 176 g/mol.